The monoisotopic (exact) mass is 380 g/mol. The normalized spacial score (nSPS) is 14.5. The van der Waals surface area contributed by atoms with Crippen LogP contribution < -0.4 is 5.73 Å². The summed E-state index contributed by atoms with van der Waals surface area (Å²) in [7, 11) is 1.40. The number of hydrogen-bond donors (Lipinski definition) is 2. The van der Waals surface area contributed by atoms with Gasteiger partial charge >= 0.3 is 5.97 Å². The highest BCUT2D eigenvalue weighted by molar-refractivity contribution is 5.95. The van der Waals surface area contributed by atoms with E-state index in [1.807, 2.05) is 17.0 Å². The van der Waals surface area contributed by atoms with Crippen LogP contribution in [-0.2, 0) is 9.53 Å². The number of aromatic nitrogens is 1. The molecule has 3 rings (SSSR count). The number of nitrogens with zero attached hydrogens (tertiary/aromatic N) is 2. The van der Waals surface area contributed by atoms with Crippen molar-refractivity contribution in [3.8, 4) is 11.3 Å². The van der Waals surface area contributed by atoms with Gasteiger partial charge in [-0.1, -0.05) is 12.1 Å². The lowest BCUT2D eigenvalue weighted by Gasteiger charge is -2.31. The molecule has 1 aromatic heterocycles. The molecule has 0 unspecified atom stereocenters. The van der Waals surface area contributed by atoms with Crippen molar-refractivity contribution >= 4 is 17.7 Å². The minimum atomic E-state index is -0.190. The van der Waals surface area contributed by atoms with Crippen LogP contribution >= 0.6 is 0 Å². The maximum Gasteiger partial charge on any atom is 0.305 e. The number of nitrogen functional groups attached to an aromatic ring is 1. The number of nitrogens with one attached hydrogen (secondary N) is 1. The third kappa shape index (κ3) is 4.54. The number of piperidine rings is 1. The number of carbonyl (C=O) groups is 2. The average Bonchev–Trinajstić information content (AvgIpc) is 2.74. The maximum absolute atomic E-state index is 12.7. The van der Waals surface area contributed by atoms with Crippen LogP contribution in [0, 0.1) is 11.3 Å². The first-order chi connectivity index (χ1) is 13.5. The number of amides is 1. The Bertz CT molecular complexity index is 854. The summed E-state index contributed by atoms with van der Waals surface area (Å²) >= 11 is 0. The van der Waals surface area contributed by atoms with E-state index in [0.29, 0.717) is 30.6 Å². The zero-order chi connectivity index (χ0) is 20.1. The third-order valence-electron chi connectivity index (χ3n) is 5.09. The van der Waals surface area contributed by atoms with E-state index in [0.717, 1.165) is 24.1 Å². The van der Waals surface area contributed by atoms with E-state index in [4.69, 9.17) is 15.9 Å². The SMILES string of the molecule is COC(=O)CC1CCN(C(=O)c2ccc(-c3ccc(C(=N)N)cn3)cc2)CC1. The number of hydrogen-bond acceptors (Lipinski definition) is 5. The Labute approximate surface area is 164 Å². The van der Waals surface area contributed by atoms with Crippen molar-refractivity contribution in [3.63, 3.8) is 0 Å². The molecule has 3 N–H and O–H groups in total. The predicted octanol–water partition coefficient (Wildman–Crippen LogP) is 2.45. The van der Waals surface area contributed by atoms with Crippen molar-refractivity contribution in [3.05, 3.63) is 53.7 Å². The maximum atomic E-state index is 12.7. The molecule has 1 fully saturated rings. The molecule has 0 aliphatic carbocycles. The van der Waals surface area contributed by atoms with Gasteiger partial charge < -0.3 is 15.4 Å². The fourth-order valence-corrected chi connectivity index (χ4v) is 3.35. The summed E-state index contributed by atoms with van der Waals surface area (Å²) in [6, 6.07) is 10.9. The van der Waals surface area contributed by atoms with E-state index in [1.54, 1.807) is 30.5 Å². The topological polar surface area (TPSA) is 109 Å². The van der Waals surface area contributed by atoms with Crippen molar-refractivity contribution in [1.82, 2.24) is 9.88 Å². The molecule has 1 aliphatic heterocycles. The van der Waals surface area contributed by atoms with Crippen LogP contribution in [0.15, 0.2) is 42.6 Å². The average molecular weight is 380 g/mol. The van der Waals surface area contributed by atoms with Crippen LogP contribution in [0.2, 0.25) is 0 Å². The van der Waals surface area contributed by atoms with Crippen molar-refractivity contribution in [2.24, 2.45) is 11.7 Å². The summed E-state index contributed by atoms with van der Waals surface area (Å²) in [4.78, 5) is 30.3. The zero-order valence-corrected chi connectivity index (χ0v) is 15.9. The molecule has 0 spiro atoms. The van der Waals surface area contributed by atoms with E-state index >= 15 is 0 Å². The lowest BCUT2D eigenvalue weighted by Crippen LogP contribution is -2.38. The predicted molar refractivity (Wildman–Crippen MR) is 106 cm³/mol. The Balaban J connectivity index is 1.61. The van der Waals surface area contributed by atoms with Gasteiger partial charge in [0.1, 0.15) is 5.84 Å². The van der Waals surface area contributed by atoms with E-state index in [1.165, 1.54) is 7.11 Å². The van der Waals surface area contributed by atoms with Gasteiger partial charge in [-0.2, -0.15) is 0 Å². The lowest BCUT2D eigenvalue weighted by molar-refractivity contribution is -0.142. The Morgan fingerprint density at radius 3 is 2.32 bits per heavy atom. The Hall–Kier alpha value is -3.22. The van der Waals surface area contributed by atoms with E-state index in [-0.39, 0.29) is 23.6 Å². The largest absolute Gasteiger partial charge is 0.469 e. The number of rotatable bonds is 5. The molecule has 0 bridgehead atoms. The van der Waals surface area contributed by atoms with Gasteiger partial charge in [0, 0.05) is 42.4 Å². The Kier molecular flexibility index (Phi) is 6.03. The van der Waals surface area contributed by atoms with Gasteiger partial charge in [0.05, 0.1) is 12.8 Å². The number of nitrogens with two attached hydrogens (primary N) is 1. The number of methoxy groups -OCH3 is 1. The molecule has 0 radical (unpaired) electrons. The first kappa shape index (κ1) is 19.5. The molecule has 7 heteroatoms. The molecule has 2 aromatic rings. The molecular formula is C21H24N4O3. The number of pyridine rings is 1. The first-order valence-corrected chi connectivity index (χ1v) is 9.25. The van der Waals surface area contributed by atoms with Gasteiger partial charge in [-0.3, -0.25) is 20.0 Å². The number of ether oxygens (including phenoxy) is 1. The summed E-state index contributed by atoms with van der Waals surface area (Å²) in [5.41, 5.74) is 8.30. The number of likely N-dealkylation sites (tertiary alicyclic amines) is 1. The summed E-state index contributed by atoms with van der Waals surface area (Å²) < 4.78 is 4.72. The second kappa shape index (κ2) is 8.65. The van der Waals surface area contributed by atoms with Crippen LogP contribution in [0.3, 0.4) is 0 Å². The molecule has 28 heavy (non-hydrogen) atoms. The van der Waals surface area contributed by atoms with Crippen molar-refractivity contribution in [2.45, 2.75) is 19.3 Å². The van der Waals surface area contributed by atoms with Gasteiger partial charge in [0.15, 0.2) is 0 Å². The van der Waals surface area contributed by atoms with Gasteiger partial charge in [-0.15, -0.1) is 0 Å². The van der Waals surface area contributed by atoms with Crippen LogP contribution in [0.1, 0.15) is 35.2 Å². The number of carbonyl (C=O) groups excluding carboxylic acids is 2. The Morgan fingerprint density at radius 1 is 1.14 bits per heavy atom. The minimum absolute atomic E-state index is 0.00274. The lowest BCUT2D eigenvalue weighted by atomic mass is 9.93. The van der Waals surface area contributed by atoms with E-state index in [9.17, 15) is 9.59 Å². The number of benzene rings is 1. The van der Waals surface area contributed by atoms with E-state index in [2.05, 4.69) is 4.98 Å². The second-order valence-electron chi connectivity index (χ2n) is 6.94. The summed E-state index contributed by atoms with van der Waals surface area (Å²) in [6.45, 7) is 1.30. The molecule has 1 amide bonds. The van der Waals surface area contributed by atoms with Crippen molar-refractivity contribution < 1.29 is 14.3 Å². The van der Waals surface area contributed by atoms with Gasteiger partial charge in [-0.05, 0) is 43.0 Å². The first-order valence-electron chi connectivity index (χ1n) is 9.25. The molecule has 7 nitrogen and oxygen atoms in total. The van der Waals surface area contributed by atoms with Crippen molar-refractivity contribution in [1.29, 1.82) is 5.41 Å². The summed E-state index contributed by atoms with van der Waals surface area (Å²) in [5.74, 6) is 0.0755. The quantitative estimate of drug-likeness (QED) is 0.470. The molecular weight excluding hydrogens is 356 g/mol. The highest BCUT2D eigenvalue weighted by Gasteiger charge is 2.25. The van der Waals surface area contributed by atoms with Crippen LogP contribution in [0.4, 0.5) is 0 Å². The molecule has 1 saturated heterocycles. The minimum Gasteiger partial charge on any atom is -0.469 e. The Morgan fingerprint density at radius 2 is 1.79 bits per heavy atom. The summed E-state index contributed by atoms with van der Waals surface area (Å²) in [5, 5.41) is 7.41. The zero-order valence-electron chi connectivity index (χ0n) is 15.9. The third-order valence-corrected chi connectivity index (χ3v) is 5.09. The van der Waals surface area contributed by atoms with Crippen LogP contribution in [0.5, 0.6) is 0 Å². The fraction of sp³-hybridized carbons (Fsp3) is 0.333. The molecule has 0 saturated carbocycles. The van der Waals surface area contributed by atoms with Gasteiger partial charge in [-0.25, -0.2) is 0 Å². The smallest absolute Gasteiger partial charge is 0.305 e. The van der Waals surface area contributed by atoms with Gasteiger partial charge in [0.2, 0.25) is 0 Å². The molecule has 1 aliphatic rings. The molecule has 0 atom stereocenters. The standard InChI is InChI=1S/C21H24N4O3/c1-28-19(26)12-14-8-10-25(11-9-14)21(27)16-4-2-15(3-5-16)18-7-6-17(13-24-18)20(22)23/h2-7,13-14H,8-12H2,1H3,(H3,22,23). The number of amidine groups is 1. The highest BCUT2D eigenvalue weighted by atomic mass is 16.5. The molecule has 146 valence electrons. The van der Waals surface area contributed by atoms with Crippen molar-refractivity contribution in [2.75, 3.05) is 20.2 Å². The highest BCUT2D eigenvalue weighted by Crippen LogP contribution is 2.23. The van der Waals surface area contributed by atoms with Gasteiger partial charge in [0.25, 0.3) is 5.91 Å². The van der Waals surface area contributed by atoms with Crippen LogP contribution in [-0.4, -0.2) is 47.8 Å². The molecule has 1 aromatic carbocycles. The van der Waals surface area contributed by atoms with Crippen LogP contribution in [0.25, 0.3) is 11.3 Å². The summed E-state index contributed by atoms with van der Waals surface area (Å²) in [6.07, 6.45) is 3.61. The second-order valence-corrected chi connectivity index (χ2v) is 6.94. The number of esters is 1. The molecule has 2 heterocycles. The van der Waals surface area contributed by atoms with E-state index < -0.39 is 0 Å². The fourth-order valence-electron chi connectivity index (χ4n) is 3.35.